The van der Waals surface area contributed by atoms with Gasteiger partial charge in [0.05, 0.1) is 5.88 Å². The summed E-state index contributed by atoms with van der Waals surface area (Å²) in [6.07, 6.45) is 1.35. The van der Waals surface area contributed by atoms with Crippen molar-refractivity contribution in [2.45, 2.75) is 0 Å². The van der Waals surface area contributed by atoms with Crippen LogP contribution in [0.15, 0.2) is 29.0 Å². The van der Waals surface area contributed by atoms with Crippen LogP contribution in [0.1, 0.15) is 10.4 Å². The van der Waals surface area contributed by atoms with Crippen molar-refractivity contribution in [1.82, 2.24) is 4.98 Å². The fraction of sp³-hybridized carbons (Fsp3) is 0.111. The molecule has 1 heterocycles. The zero-order valence-corrected chi connectivity index (χ0v) is 7.41. The van der Waals surface area contributed by atoms with Gasteiger partial charge in [0.1, 0.15) is 5.52 Å². The summed E-state index contributed by atoms with van der Waals surface area (Å²) in [4.78, 5) is 15.1. The van der Waals surface area contributed by atoms with E-state index in [-0.39, 0.29) is 11.7 Å². The third-order valence-electron chi connectivity index (χ3n) is 1.77. The predicted molar refractivity (Wildman–Crippen MR) is 49.1 cm³/mol. The van der Waals surface area contributed by atoms with E-state index in [1.807, 2.05) is 0 Å². The molecule has 0 amide bonds. The molecule has 0 aliphatic rings. The van der Waals surface area contributed by atoms with Crippen LogP contribution in [0.25, 0.3) is 11.1 Å². The van der Waals surface area contributed by atoms with Gasteiger partial charge < -0.3 is 4.42 Å². The maximum Gasteiger partial charge on any atom is 0.181 e. The standard InChI is InChI=1S/C9H6ClNO2/c10-4-8(12)6-1-2-7-9(3-6)13-5-11-7/h1-3,5H,4H2. The Bertz CT molecular complexity index is 450. The van der Waals surface area contributed by atoms with Crippen LogP contribution < -0.4 is 0 Å². The number of carbonyl (C=O) groups excluding carboxylic acids is 1. The third kappa shape index (κ3) is 1.42. The Balaban J connectivity index is 2.54. The number of hydrogen-bond donors (Lipinski definition) is 0. The van der Waals surface area contributed by atoms with Gasteiger partial charge in [-0.2, -0.15) is 0 Å². The van der Waals surface area contributed by atoms with Crippen molar-refractivity contribution in [3.8, 4) is 0 Å². The Morgan fingerprint density at radius 1 is 1.54 bits per heavy atom. The second kappa shape index (κ2) is 3.18. The van der Waals surface area contributed by atoms with Gasteiger partial charge in [0.15, 0.2) is 17.8 Å². The number of fused-ring (bicyclic) bond motifs is 1. The topological polar surface area (TPSA) is 43.1 Å². The van der Waals surface area contributed by atoms with Crippen molar-refractivity contribution in [2.75, 3.05) is 5.88 Å². The van der Waals surface area contributed by atoms with E-state index in [4.69, 9.17) is 16.0 Å². The fourth-order valence-corrected chi connectivity index (χ4v) is 1.26. The van der Waals surface area contributed by atoms with Crippen molar-refractivity contribution in [1.29, 1.82) is 0 Å². The number of alkyl halides is 1. The summed E-state index contributed by atoms with van der Waals surface area (Å²) >= 11 is 5.42. The van der Waals surface area contributed by atoms with Crippen LogP contribution in [-0.2, 0) is 0 Å². The van der Waals surface area contributed by atoms with E-state index in [0.717, 1.165) is 5.52 Å². The number of ketones is 1. The van der Waals surface area contributed by atoms with Crippen LogP contribution in [0.3, 0.4) is 0 Å². The highest BCUT2D eigenvalue weighted by Gasteiger charge is 2.06. The molecule has 1 aromatic carbocycles. The molecule has 4 heteroatoms. The Kier molecular flexibility index (Phi) is 2.02. The molecule has 0 spiro atoms. The van der Waals surface area contributed by atoms with Crippen LogP contribution in [0.2, 0.25) is 0 Å². The molecule has 2 aromatic rings. The van der Waals surface area contributed by atoms with Crippen molar-refractivity contribution >= 4 is 28.5 Å². The molecule has 0 unspecified atom stereocenters. The average molecular weight is 196 g/mol. The number of Topliss-reactive ketones (excluding diaryl/α,β-unsaturated/α-hetero) is 1. The number of rotatable bonds is 2. The molecule has 3 nitrogen and oxygen atoms in total. The Hall–Kier alpha value is -1.35. The summed E-state index contributed by atoms with van der Waals surface area (Å²) in [6, 6.07) is 5.07. The number of hydrogen-bond acceptors (Lipinski definition) is 3. The molecule has 0 aliphatic carbocycles. The molecule has 2 rings (SSSR count). The third-order valence-corrected chi connectivity index (χ3v) is 2.02. The van der Waals surface area contributed by atoms with E-state index in [1.165, 1.54) is 6.39 Å². The van der Waals surface area contributed by atoms with Gasteiger partial charge in [-0.25, -0.2) is 4.98 Å². The van der Waals surface area contributed by atoms with Gasteiger partial charge in [-0.05, 0) is 18.2 Å². The number of halogens is 1. The van der Waals surface area contributed by atoms with E-state index in [9.17, 15) is 4.79 Å². The molecule has 0 saturated carbocycles. The highest BCUT2D eigenvalue weighted by atomic mass is 35.5. The number of aromatic nitrogens is 1. The number of oxazole rings is 1. The van der Waals surface area contributed by atoms with Crippen LogP contribution in [-0.4, -0.2) is 16.6 Å². The Labute approximate surface area is 79.3 Å². The SMILES string of the molecule is O=C(CCl)c1ccc2ncoc2c1. The first kappa shape index (κ1) is 8.26. The summed E-state index contributed by atoms with van der Waals surface area (Å²) in [5, 5.41) is 0. The van der Waals surface area contributed by atoms with Crippen molar-refractivity contribution in [2.24, 2.45) is 0 Å². The zero-order valence-electron chi connectivity index (χ0n) is 6.66. The summed E-state index contributed by atoms with van der Waals surface area (Å²) < 4.78 is 5.05. The van der Waals surface area contributed by atoms with Gasteiger partial charge in [0, 0.05) is 5.56 Å². The molecule has 0 aliphatic heterocycles. The monoisotopic (exact) mass is 195 g/mol. The minimum atomic E-state index is -0.111. The molecule has 0 bridgehead atoms. The van der Waals surface area contributed by atoms with Crippen LogP contribution in [0.4, 0.5) is 0 Å². The van der Waals surface area contributed by atoms with Gasteiger partial charge in [-0.15, -0.1) is 11.6 Å². The molecule has 0 N–H and O–H groups in total. The van der Waals surface area contributed by atoms with Gasteiger partial charge in [0.25, 0.3) is 0 Å². The van der Waals surface area contributed by atoms with Gasteiger partial charge in [0.2, 0.25) is 0 Å². The number of nitrogens with zero attached hydrogens (tertiary/aromatic N) is 1. The summed E-state index contributed by atoms with van der Waals surface area (Å²) in [5.41, 5.74) is 1.90. The molecule has 0 fully saturated rings. The smallest absolute Gasteiger partial charge is 0.181 e. The number of benzene rings is 1. The maximum absolute atomic E-state index is 11.2. The van der Waals surface area contributed by atoms with Crippen molar-refractivity contribution < 1.29 is 9.21 Å². The molecule has 0 radical (unpaired) electrons. The highest BCUT2D eigenvalue weighted by molar-refractivity contribution is 6.30. The molecule has 0 atom stereocenters. The molecular weight excluding hydrogens is 190 g/mol. The molecule has 1 aromatic heterocycles. The lowest BCUT2D eigenvalue weighted by molar-refractivity contribution is 0.102. The van der Waals surface area contributed by atoms with Crippen LogP contribution in [0, 0.1) is 0 Å². The van der Waals surface area contributed by atoms with Crippen molar-refractivity contribution in [3.05, 3.63) is 30.2 Å². The first-order valence-corrected chi connectivity index (χ1v) is 4.27. The van der Waals surface area contributed by atoms with E-state index in [1.54, 1.807) is 18.2 Å². The van der Waals surface area contributed by atoms with E-state index in [2.05, 4.69) is 4.98 Å². The average Bonchev–Trinajstić information content (AvgIpc) is 2.63. The Morgan fingerprint density at radius 2 is 2.38 bits per heavy atom. The normalized spacial score (nSPS) is 10.5. The van der Waals surface area contributed by atoms with Crippen LogP contribution >= 0.6 is 11.6 Å². The molecular formula is C9H6ClNO2. The largest absolute Gasteiger partial charge is 0.443 e. The minimum Gasteiger partial charge on any atom is -0.443 e. The number of carbonyl (C=O) groups is 1. The van der Waals surface area contributed by atoms with E-state index >= 15 is 0 Å². The lowest BCUT2D eigenvalue weighted by Crippen LogP contribution is -1.99. The minimum absolute atomic E-state index is 0.0142. The zero-order chi connectivity index (χ0) is 9.26. The van der Waals surface area contributed by atoms with Crippen molar-refractivity contribution in [3.63, 3.8) is 0 Å². The first-order chi connectivity index (χ1) is 6.31. The summed E-state index contributed by atoms with van der Waals surface area (Å²) in [6.45, 7) is 0. The predicted octanol–water partition coefficient (Wildman–Crippen LogP) is 2.25. The van der Waals surface area contributed by atoms with E-state index < -0.39 is 0 Å². The summed E-state index contributed by atoms with van der Waals surface area (Å²) in [5.74, 6) is -0.125. The highest BCUT2D eigenvalue weighted by Crippen LogP contribution is 2.14. The van der Waals surface area contributed by atoms with Gasteiger partial charge in [-0.1, -0.05) is 0 Å². The van der Waals surface area contributed by atoms with Gasteiger partial charge in [-0.3, -0.25) is 4.79 Å². The maximum atomic E-state index is 11.2. The van der Waals surface area contributed by atoms with E-state index in [0.29, 0.717) is 11.1 Å². The lowest BCUT2D eigenvalue weighted by atomic mass is 10.1. The molecule has 13 heavy (non-hydrogen) atoms. The summed E-state index contributed by atoms with van der Waals surface area (Å²) in [7, 11) is 0. The second-order valence-electron chi connectivity index (χ2n) is 2.59. The molecule has 66 valence electrons. The second-order valence-corrected chi connectivity index (χ2v) is 2.86. The quantitative estimate of drug-likeness (QED) is 0.545. The Morgan fingerprint density at radius 3 is 3.15 bits per heavy atom. The lowest BCUT2D eigenvalue weighted by Gasteiger charge is -1.94. The fourth-order valence-electron chi connectivity index (χ4n) is 1.11. The molecule has 0 saturated heterocycles. The van der Waals surface area contributed by atoms with Gasteiger partial charge >= 0.3 is 0 Å². The van der Waals surface area contributed by atoms with Crippen LogP contribution in [0.5, 0.6) is 0 Å². The first-order valence-electron chi connectivity index (χ1n) is 3.73.